The Morgan fingerprint density at radius 3 is 2.94 bits per heavy atom. The summed E-state index contributed by atoms with van der Waals surface area (Å²) in [5, 5.41) is 1.39. The largest absolute Gasteiger partial charge is 0.372 e. The van der Waals surface area contributed by atoms with E-state index < -0.39 is 0 Å². The topological polar surface area (TPSA) is 3.24 Å². The predicted molar refractivity (Wildman–Crippen MR) is 82.1 cm³/mol. The van der Waals surface area contributed by atoms with Crippen molar-refractivity contribution in [3.8, 4) is 0 Å². The first-order chi connectivity index (χ1) is 7.72. The van der Waals surface area contributed by atoms with Crippen LogP contribution in [0.4, 0.5) is 5.69 Å². The van der Waals surface area contributed by atoms with E-state index >= 15 is 0 Å². The third-order valence-corrected chi connectivity index (χ3v) is 4.60. The fourth-order valence-electron chi connectivity index (χ4n) is 2.19. The summed E-state index contributed by atoms with van der Waals surface area (Å²) in [7, 11) is 0. The van der Waals surface area contributed by atoms with Crippen molar-refractivity contribution < 1.29 is 0 Å². The first kappa shape index (κ1) is 15.0. The SMILES string of the molecule is CCN1CCCSC(C)c2cc(Cl)ccc21.Cl. The number of fused-ring (bicyclic) bond motifs is 1. The van der Waals surface area contributed by atoms with E-state index in [-0.39, 0.29) is 12.4 Å². The van der Waals surface area contributed by atoms with Crippen molar-refractivity contribution in [3.63, 3.8) is 0 Å². The molecule has 1 nitrogen and oxygen atoms in total. The standard InChI is InChI=1S/C13H18ClNS.ClH/c1-3-15-7-4-8-16-10(2)12-9-11(14)5-6-13(12)15;/h5-6,9-10H,3-4,7-8H2,1-2H3;1H. The molecule has 1 aliphatic rings. The van der Waals surface area contributed by atoms with Gasteiger partial charge in [0.2, 0.25) is 0 Å². The molecule has 2 rings (SSSR count). The minimum absolute atomic E-state index is 0. The highest BCUT2D eigenvalue weighted by Crippen LogP contribution is 2.38. The fourth-order valence-corrected chi connectivity index (χ4v) is 3.39. The lowest BCUT2D eigenvalue weighted by Gasteiger charge is -2.30. The van der Waals surface area contributed by atoms with E-state index in [1.54, 1.807) is 0 Å². The molecule has 0 amide bonds. The molecule has 0 saturated heterocycles. The molecule has 1 atom stereocenters. The van der Waals surface area contributed by atoms with Crippen LogP contribution in [0.5, 0.6) is 0 Å². The number of nitrogens with zero attached hydrogens (tertiary/aromatic N) is 1. The van der Waals surface area contributed by atoms with Crippen LogP contribution in [-0.4, -0.2) is 18.8 Å². The molecule has 0 saturated carbocycles. The van der Waals surface area contributed by atoms with Gasteiger partial charge in [0, 0.05) is 29.0 Å². The zero-order valence-electron chi connectivity index (χ0n) is 10.3. The summed E-state index contributed by atoms with van der Waals surface area (Å²) in [6.07, 6.45) is 1.27. The maximum atomic E-state index is 6.10. The highest BCUT2D eigenvalue weighted by molar-refractivity contribution is 7.99. The molecule has 1 heterocycles. The van der Waals surface area contributed by atoms with Crippen molar-refractivity contribution in [1.82, 2.24) is 0 Å². The van der Waals surface area contributed by atoms with Gasteiger partial charge in [-0.05, 0) is 49.8 Å². The predicted octanol–water partition coefficient (Wildman–Crippen LogP) is 4.79. The van der Waals surface area contributed by atoms with E-state index in [4.69, 9.17) is 11.6 Å². The number of thioether (sulfide) groups is 1. The molecule has 0 spiro atoms. The molecule has 1 unspecified atom stereocenters. The van der Waals surface area contributed by atoms with E-state index in [1.807, 2.05) is 17.8 Å². The second kappa shape index (κ2) is 6.77. The van der Waals surface area contributed by atoms with Crippen LogP contribution < -0.4 is 4.90 Å². The summed E-state index contributed by atoms with van der Waals surface area (Å²) >= 11 is 8.13. The van der Waals surface area contributed by atoms with Gasteiger partial charge >= 0.3 is 0 Å². The first-order valence-electron chi connectivity index (χ1n) is 5.88. The molecule has 0 aliphatic carbocycles. The smallest absolute Gasteiger partial charge is 0.0410 e. The average Bonchev–Trinajstić information content (AvgIpc) is 2.27. The second-order valence-corrected chi connectivity index (χ2v) is 6.03. The molecular formula is C13H19Cl2NS. The summed E-state index contributed by atoms with van der Waals surface area (Å²) in [4.78, 5) is 2.46. The molecule has 1 aromatic carbocycles. The van der Waals surface area contributed by atoms with Crippen molar-refractivity contribution in [1.29, 1.82) is 0 Å². The van der Waals surface area contributed by atoms with Crippen molar-refractivity contribution in [2.24, 2.45) is 0 Å². The quantitative estimate of drug-likeness (QED) is 0.732. The monoisotopic (exact) mass is 291 g/mol. The Morgan fingerprint density at radius 1 is 1.47 bits per heavy atom. The van der Waals surface area contributed by atoms with Crippen LogP contribution in [0.3, 0.4) is 0 Å². The van der Waals surface area contributed by atoms with Gasteiger partial charge in [0.15, 0.2) is 0 Å². The minimum Gasteiger partial charge on any atom is -0.372 e. The molecule has 96 valence electrons. The van der Waals surface area contributed by atoms with Gasteiger partial charge in [-0.1, -0.05) is 11.6 Å². The van der Waals surface area contributed by atoms with Gasteiger partial charge in [0.25, 0.3) is 0 Å². The molecule has 4 heteroatoms. The number of halogens is 2. The zero-order valence-corrected chi connectivity index (χ0v) is 12.7. The molecule has 1 aliphatic heterocycles. The second-order valence-electron chi connectivity index (χ2n) is 4.15. The molecule has 0 radical (unpaired) electrons. The van der Waals surface area contributed by atoms with E-state index in [2.05, 4.69) is 30.9 Å². The Labute approximate surface area is 119 Å². The summed E-state index contributed by atoms with van der Waals surface area (Å²) in [5.74, 6) is 1.24. The Kier molecular flexibility index (Phi) is 5.98. The normalized spacial score (nSPS) is 19.9. The lowest BCUT2D eigenvalue weighted by molar-refractivity contribution is 0.782. The Hall–Kier alpha value is -0.0500. The highest BCUT2D eigenvalue weighted by Gasteiger charge is 2.18. The highest BCUT2D eigenvalue weighted by atomic mass is 35.5. The average molecular weight is 292 g/mol. The van der Waals surface area contributed by atoms with Gasteiger partial charge in [-0.15, -0.1) is 12.4 Å². The van der Waals surface area contributed by atoms with E-state index in [1.165, 1.54) is 23.4 Å². The zero-order chi connectivity index (χ0) is 11.5. The fraction of sp³-hybridized carbons (Fsp3) is 0.538. The lowest BCUT2D eigenvalue weighted by Crippen LogP contribution is -2.27. The lowest BCUT2D eigenvalue weighted by atomic mass is 10.1. The maximum absolute atomic E-state index is 6.10. The van der Waals surface area contributed by atoms with E-state index in [0.29, 0.717) is 5.25 Å². The molecule has 1 aromatic rings. The third-order valence-electron chi connectivity index (χ3n) is 3.09. The van der Waals surface area contributed by atoms with Crippen molar-refractivity contribution in [3.05, 3.63) is 28.8 Å². The van der Waals surface area contributed by atoms with Gasteiger partial charge in [-0.3, -0.25) is 0 Å². The summed E-state index contributed by atoms with van der Waals surface area (Å²) < 4.78 is 0. The Morgan fingerprint density at radius 2 is 2.24 bits per heavy atom. The first-order valence-corrected chi connectivity index (χ1v) is 7.31. The van der Waals surface area contributed by atoms with Crippen LogP contribution in [0.2, 0.25) is 5.02 Å². The molecule has 0 N–H and O–H groups in total. The number of hydrogen-bond donors (Lipinski definition) is 0. The summed E-state index contributed by atoms with van der Waals surface area (Å²) in [5.41, 5.74) is 2.76. The van der Waals surface area contributed by atoms with Crippen LogP contribution in [0.25, 0.3) is 0 Å². The van der Waals surface area contributed by atoms with Crippen LogP contribution in [0.1, 0.15) is 31.1 Å². The number of benzene rings is 1. The van der Waals surface area contributed by atoms with Gasteiger partial charge < -0.3 is 4.90 Å². The van der Waals surface area contributed by atoms with Crippen LogP contribution in [-0.2, 0) is 0 Å². The Balaban J connectivity index is 0.00000144. The number of rotatable bonds is 1. The van der Waals surface area contributed by atoms with Crippen LogP contribution in [0.15, 0.2) is 18.2 Å². The number of hydrogen-bond acceptors (Lipinski definition) is 2. The van der Waals surface area contributed by atoms with E-state index in [9.17, 15) is 0 Å². The summed E-state index contributed by atoms with van der Waals surface area (Å²) in [6.45, 7) is 6.73. The van der Waals surface area contributed by atoms with E-state index in [0.717, 1.165) is 18.1 Å². The molecule has 0 aromatic heterocycles. The Bertz CT molecular complexity index is 370. The van der Waals surface area contributed by atoms with Gasteiger partial charge in [0.1, 0.15) is 0 Å². The maximum Gasteiger partial charge on any atom is 0.0410 e. The third kappa shape index (κ3) is 3.46. The molecule has 17 heavy (non-hydrogen) atoms. The number of anilines is 1. The molecular weight excluding hydrogens is 273 g/mol. The summed E-state index contributed by atoms with van der Waals surface area (Å²) in [6, 6.07) is 6.30. The van der Waals surface area contributed by atoms with Crippen LogP contribution in [0, 0.1) is 0 Å². The van der Waals surface area contributed by atoms with Crippen LogP contribution >= 0.6 is 35.8 Å². The van der Waals surface area contributed by atoms with Gasteiger partial charge in [0.05, 0.1) is 0 Å². The van der Waals surface area contributed by atoms with Crippen molar-refractivity contribution in [2.45, 2.75) is 25.5 Å². The van der Waals surface area contributed by atoms with Crippen molar-refractivity contribution in [2.75, 3.05) is 23.7 Å². The van der Waals surface area contributed by atoms with Crippen molar-refractivity contribution >= 4 is 41.5 Å². The molecule has 0 fully saturated rings. The van der Waals surface area contributed by atoms with Gasteiger partial charge in [-0.25, -0.2) is 0 Å². The minimum atomic E-state index is 0. The van der Waals surface area contributed by atoms with Gasteiger partial charge in [-0.2, -0.15) is 11.8 Å². The molecule has 0 bridgehead atoms.